The molecule has 3 rings (SSSR count). The van der Waals surface area contributed by atoms with Crippen molar-refractivity contribution in [2.75, 3.05) is 11.8 Å². The maximum atomic E-state index is 12.7. The predicted octanol–water partition coefficient (Wildman–Crippen LogP) is 3.47. The molecule has 0 aliphatic heterocycles. The Bertz CT molecular complexity index is 1060. The fraction of sp³-hybridized carbons (Fsp3) is 0.222. The van der Waals surface area contributed by atoms with Crippen LogP contribution in [0.5, 0.6) is 0 Å². The number of esters is 1. The molecule has 1 aromatic carbocycles. The summed E-state index contributed by atoms with van der Waals surface area (Å²) >= 11 is 0. The first-order chi connectivity index (χ1) is 12.3. The lowest BCUT2D eigenvalue weighted by Crippen LogP contribution is -2.15. The topological polar surface area (TPSA) is 89.8 Å². The molecule has 0 aliphatic rings. The number of carbonyl (C=O) groups excluding carboxylic acids is 1. The third-order valence-electron chi connectivity index (χ3n) is 3.93. The van der Waals surface area contributed by atoms with Crippen LogP contribution in [0.15, 0.2) is 53.6 Å². The second-order valence-electron chi connectivity index (χ2n) is 6.05. The van der Waals surface area contributed by atoms with Crippen molar-refractivity contribution in [2.45, 2.75) is 24.7 Å². The zero-order chi connectivity index (χ0) is 18.9. The van der Waals surface area contributed by atoms with Crippen LogP contribution in [0.4, 0.5) is 5.82 Å². The Labute approximate surface area is 163 Å². The first-order valence-corrected chi connectivity index (χ1v) is 9.50. The summed E-state index contributed by atoms with van der Waals surface area (Å²) in [5, 5.41) is 0. The molecule has 0 atom stereocenters. The molecule has 0 saturated carbocycles. The number of imidazole rings is 1. The smallest absolute Gasteiger partial charge is 0.337 e. The number of nitrogens with one attached hydrogen (secondary N) is 1. The molecule has 27 heavy (non-hydrogen) atoms. The summed E-state index contributed by atoms with van der Waals surface area (Å²) in [6, 6.07) is 11.1. The number of halogens is 1. The highest BCUT2D eigenvalue weighted by Gasteiger charge is 2.22. The molecule has 1 N–H and O–H groups in total. The van der Waals surface area contributed by atoms with Gasteiger partial charge in [-0.1, -0.05) is 19.9 Å². The zero-order valence-electron chi connectivity index (χ0n) is 15.0. The molecule has 0 aliphatic carbocycles. The van der Waals surface area contributed by atoms with Crippen LogP contribution in [0.1, 0.15) is 35.8 Å². The van der Waals surface area contributed by atoms with Gasteiger partial charge >= 0.3 is 5.97 Å². The number of sulfonamides is 1. The van der Waals surface area contributed by atoms with Crippen LogP contribution in [-0.2, 0) is 14.8 Å². The van der Waals surface area contributed by atoms with Gasteiger partial charge in [-0.15, -0.1) is 12.4 Å². The third kappa shape index (κ3) is 4.06. The van der Waals surface area contributed by atoms with E-state index >= 15 is 0 Å². The van der Waals surface area contributed by atoms with E-state index in [1.807, 2.05) is 42.6 Å². The van der Waals surface area contributed by atoms with E-state index in [9.17, 15) is 13.2 Å². The highest BCUT2D eigenvalue weighted by Crippen LogP contribution is 2.27. The first kappa shape index (κ1) is 20.7. The molecule has 0 spiro atoms. The summed E-state index contributed by atoms with van der Waals surface area (Å²) < 4.78 is 34.5. The molecule has 0 saturated heterocycles. The summed E-state index contributed by atoms with van der Waals surface area (Å²) in [5.74, 6) is -0.167. The molecular formula is C18H20ClN3O4S. The van der Waals surface area contributed by atoms with Crippen LogP contribution in [0.3, 0.4) is 0 Å². The predicted molar refractivity (Wildman–Crippen MR) is 105 cm³/mol. The van der Waals surface area contributed by atoms with E-state index < -0.39 is 16.0 Å². The molecule has 144 valence electrons. The van der Waals surface area contributed by atoms with Crippen molar-refractivity contribution in [1.82, 2.24) is 9.38 Å². The van der Waals surface area contributed by atoms with Gasteiger partial charge in [-0.2, -0.15) is 0 Å². The highest BCUT2D eigenvalue weighted by molar-refractivity contribution is 7.92. The van der Waals surface area contributed by atoms with E-state index in [0.717, 1.165) is 5.69 Å². The lowest BCUT2D eigenvalue weighted by molar-refractivity contribution is 0.0600. The van der Waals surface area contributed by atoms with Gasteiger partial charge in [0.1, 0.15) is 5.65 Å². The van der Waals surface area contributed by atoms with E-state index in [-0.39, 0.29) is 28.8 Å². The molecule has 9 heteroatoms. The summed E-state index contributed by atoms with van der Waals surface area (Å²) in [6.45, 7) is 3.94. The Morgan fingerprint density at radius 3 is 2.41 bits per heavy atom. The summed E-state index contributed by atoms with van der Waals surface area (Å²) in [7, 11) is -2.57. The summed E-state index contributed by atoms with van der Waals surface area (Å²) in [5.41, 5.74) is 1.72. The molecule has 0 bridgehead atoms. The van der Waals surface area contributed by atoms with Crippen molar-refractivity contribution in [3.8, 4) is 0 Å². The molecule has 2 aromatic heterocycles. The van der Waals surface area contributed by atoms with Crippen LogP contribution in [0, 0.1) is 0 Å². The quantitative estimate of drug-likeness (QED) is 0.651. The largest absolute Gasteiger partial charge is 0.465 e. The number of anilines is 1. The number of fused-ring (bicyclic) bond motifs is 1. The first-order valence-electron chi connectivity index (χ1n) is 8.01. The minimum Gasteiger partial charge on any atom is -0.465 e. The van der Waals surface area contributed by atoms with Gasteiger partial charge in [0.2, 0.25) is 0 Å². The molecular weight excluding hydrogens is 390 g/mol. The Morgan fingerprint density at radius 1 is 1.15 bits per heavy atom. The second kappa shape index (κ2) is 7.98. The van der Waals surface area contributed by atoms with Crippen molar-refractivity contribution < 1.29 is 17.9 Å². The van der Waals surface area contributed by atoms with Crippen molar-refractivity contribution in [1.29, 1.82) is 0 Å². The van der Waals surface area contributed by atoms with Gasteiger partial charge in [-0.3, -0.25) is 4.72 Å². The Balaban J connectivity index is 0.00000261. The molecule has 0 unspecified atom stereocenters. The van der Waals surface area contributed by atoms with Crippen LogP contribution in [0.2, 0.25) is 0 Å². The fourth-order valence-electron chi connectivity index (χ4n) is 2.72. The maximum Gasteiger partial charge on any atom is 0.337 e. The second-order valence-corrected chi connectivity index (χ2v) is 7.73. The van der Waals surface area contributed by atoms with Gasteiger partial charge in [0.05, 0.1) is 23.3 Å². The molecule has 0 fully saturated rings. The number of carbonyl (C=O) groups is 1. The van der Waals surface area contributed by atoms with Gasteiger partial charge in [0.25, 0.3) is 10.0 Å². The number of hydrogen-bond acceptors (Lipinski definition) is 5. The lowest BCUT2D eigenvalue weighted by Gasteiger charge is -2.11. The maximum absolute atomic E-state index is 12.7. The van der Waals surface area contributed by atoms with Crippen LogP contribution >= 0.6 is 12.4 Å². The van der Waals surface area contributed by atoms with Gasteiger partial charge < -0.3 is 9.14 Å². The number of benzene rings is 1. The standard InChI is InChI=1S/C18H19N3O4S.ClH/c1-12(2)16-17(19-15-6-4-5-11-21(15)16)20-26(23,24)14-9-7-13(8-10-14)18(22)25-3;/h4-12,20H,1-3H3;1H. The zero-order valence-corrected chi connectivity index (χ0v) is 16.7. The van der Waals surface area contributed by atoms with Crippen LogP contribution < -0.4 is 4.72 Å². The molecule has 7 nitrogen and oxygen atoms in total. The number of methoxy groups -OCH3 is 1. The number of hydrogen-bond donors (Lipinski definition) is 1. The third-order valence-corrected chi connectivity index (χ3v) is 5.29. The van der Waals surface area contributed by atoms with Gasteiger partial charge in [0.15, 0.2) is 5.82 Å². The number of pyridine rings is 1. The van der Waals surface area contributed by atoms with Crippen molar-refractivity contribution >= 4 is 39.9 Å². The van der Waals surface area contributed by atoms with E-state index in [0.29, 0.717) is 11.5 Å². The fourth-order valence-corrected chi connectivity index (χ4v) is 3.73. The monoisotopic (exact) mass is 409 g/mol. The number of rotatable bonds is 5. The Hall–Kier alpha value is -2.58. The van der Waals surface area contributed by atoms with E-state index in [1.54, 1.807) is 0 Å². The SMILES string of the molecule is COC(=O)c1ccc(S(=O)(=O)Nc2nc3ccccn3c2C(C)C)cc1.Cl. The number of aromatic nitrogens is 2. The average Bonchev–Trinajstić information content (AvgIpc) is 2.98. The van der Waals surface area contributed by atoms with Crippen LogP contribution in [0.25, 0.3) is 5.65 Å². The highest BCUT2D eigenvalue weighted by atomic mass is 35.5. The lowest BCUT2D eigenvalue weighted by atomic mass is 10.1. The van der Waals surface area contributed by atoms with E-state index in [2.05, 4.69) is 14.4 Å². The summed E-state index contributed by atoms with van der Waals surface area (Å²) in [4.78, 5) is 15.9. The van der Waals surface area contributed by atoms with E-state index in [4.69, 9.17) is 0 Å². The van der Waals surface area contributed by atoms with Crippen molar-refractivity contribution in [3.05, 3.63) is 59.9 Å². The van der Waals surface area contributed by atoms with Gasteiger partial charge in [-0.05, 0) is 42.3 Å². The minimum absolute atomic E-state index is 0. The molecule has 3 aromatic rings. The minimum atomic E-state index is -3.84. The van der Waals surface area contributed by atoms with Gasteiger partial charge in [-0.25, -0.2) is 18.2 Å². The van der Waals surface area contributed by atoms with Crippen molar-refractivity contribution in [2.24, 2.45) is 0 Å². The van der Waals surface area contributed by atoms with E-state index in [1.165, 1.54) is 31.4 Å². The normalized spacial score (nSPS) is 11.3. The Kier molecular flexibility index (Phi) is 6.12. The number of ether oxygens (including phenoxy) is 1. The average molecular weight is 410 g/mol. The van der Waals surface area contributed by atoms with Gasteiger partial charge in [0, 0.05) is 6.20 Å². The van der Waals surface area contributed by atoms with Crippen molar-refractivity contribution in [3.63, 3.8) is 0 Å². The molecule has 0 amide bonds. The molecule has 0 radical (unpaired) electrons. The summed E-state index contributed by atoms with van der Waals surface area (Å²) in [6.07, 6.45) is 1.85. The Morgan fingerprint density at radius 2 is 1.81 bits per heavy atom. The molecule has 2 heterocycles. The van der Waals surface area contributed by atoms with Crippen LogP contribution in [-0.4, -0.2) is 30.9 Å². The number of nitrogens with zero attached hydrogens (tertiary/aromatic N) is 2.